The van der Waals surface area contributed by atoms with E-state index in [4.69, 9.17) is 4.74 Å². The van der Waals surface area contributed by atoms with E-state index in [9.17, 15) is 9.90 Å². The van der Waals surface area contributed by atoms with Gasteiger partial charge in [0.25, 0.3) is 5.91 Å². The van der Waals surface area contributed by atoms with Gasteiger partial charge in [-0.25, -0.2) is 0 Å². The Balaban J connectivity index is 1.72. The second-order valence-electron chi connectivity index (χ2n) is 7.54. The van der Waals surface area contributed by atoms with E-state index in [0.717, 1.165) is 30.3 Å². The lowest BCUT2D eigenvalue weighted by molar-refractivity contribution is 0.0995. The number of nitrogens with zero attached hydrogens (tertiary/aromatic N) is 3. The summed E-state index contributed by atoms with van der Waals surface area (Å²) < 4.78 is 7.25. The summed E-state index contributed by atoms with van der Waals surface area (Å²) in [6, 6.07) is 14.4. The van der Waals surface area contributed by atoms with E-state index in [0.29, 0.717) is 22.9 Å². The summed E-state index contributed by atoms with van der Waals surface area (Å²) in [6.07, 6.45) is 6.06. The zero-order valence-corrected chi connectivity index (χ0v) is 16.5. The predicted molar refractivity (Wildman–Crippen MR) is 112 cm³/mol. The third kappa shape index (κ3) is 4.01. The van der Waals surface area contributed by atoms with Crippen LogP contribution in [0.1, 0.15) is 42.5 Å². The maximum atomic E-state index is 12.3. The van der Waals surface area contributed by atoms with Crippen LogP contribution in [0.5, 0.6) is 11.6 Å². The van der Waals surface area contributed by atoms with E-state index in [2.05, 4.69) is 10.2 Å². The molecule has 150 valence electrons. The van der Waals surface area contributed by atoms with E-state index in [1.54, 1.807) is 31.4 Å². The lowest BCUT2D eigenvalue weighted by atomic mass is 9.89. The average Bonchev–Trinajstić information content (AvgIpc) is 3.03. The molecule has 1 aliphatic carbocycles. The number of benzene rings is 2. The summed E-state index contributed by atoms with van der Waals surface area (Å²) in [4.78, 5) is 12.3. The summed E-state index contributed by atoms with van der Waals surface area (Å²) in [7, 11) is 1.62. The molecule has 1 heterocycles. The topological polar surface area (TPSA) is 76.2 Å². The average molecular weight is 391 g/mol. The molecule has 0 unspecified atom stereocenters. The summed E-state index contributed by atoms with van der Waals surface area (Å²) in [6.45, 7) is 0.720. The van der Waals surface area contributed by atoms with Crippen LogP contribution in [0, 0.1) is 5.92 Å². The molecule has 3 aromatic rings. The number of carbonyl (C=O) groups is 1. The first kappa shape index (κ1) is 19.2. The van der Waals surface area contributed by atoms with Gasteiger partial charge in [-0.05, 0) is 43.0 Å². The minimum absolute atomic E-state index is 0.0449. The number of methoxy groups -OCH3 is 1. The molecule has 29 heavy (non-hydrogen) atoms. The number of ether oxygens (including phenoxy) is 1. The zero-order valence-electron chi connectivity index (χ0n) is 16.5. The number of hydrogen-bond donors (Lipinski definition) is 1. The van der Waals surface area contributed by atoms with Crippen molar-refractivity contribution in [1.29, 1.82) is 0 Å². The molecular weight excluding hydrogens is 366 g/mol. The van der Waals surface area contributed by atoms with Crippen molar-refractivity contribution in [2.24, 2.45) is 16.1 Å². The molecule has 2 aromatic carbocycles. The number of aromatic hydroxyl groups is 1. The molecule has 0 atom stereocenters. The fourth-order valence-electron chi connectivity index (χ4n) is 4.07. The predicted octanol–water partition coefficient (Wildman–Crippen LogP) is 5.86. The molecule has 1 aliphatic rings. The highest BCUT2D eigenvalue weighted by Gasteiger charge is 2.22. The molecule has 1 aromatic heterocycles. The van der Waals surface area contributed by atoms with Crippen LogP contribution in [-0.4, -0.2) is 22.7 Å². The highest BCUT2D eigenvalue weighted by molar-refractivity contribution is 5.97. The van der Waals surface area contributed by atoms with Crippen molar-refractivity contribution in [2.75, 3.05) is 7.11 Å². The molecule has 0 saturated heterocycles. The van der Waals surface area contributed by atoms with Crippen molar-refractivity contribution in [3.63, 3.8) is 0 Å². The summed E-state index contributed by atoms with van der Waals surface area (Å²) in [5.74, 6) is 0.839. The molecule has 1 saturated carbocycles. The highest BCUT2D eigenvalue weighted by Crippen LogP contribution is 2.41. The number of carbonyl (C=O) groups excluding carboxylic acids is 1. The third-order valence-corrected chi connectivity index (χ3v) is 5.65. The minimum Gasteiger partial charge on any atom is -0.497 e. The quantitative estimate of drug-likeness (QED) is 0.553. The highest BCUT2D eigenvalue weighted by atomic mass is 16.5. The Kier molecular flexibility index (Phi) is 5.60. The van der Waals surface area contributed by atoms with Crippen molar-refractivity contribution in [1.82, 2.24) is 4.57 Å². The lowest BCUT2D eigenvalue weighted by Gasteiger charge is -2.22. The van der Waals surface area contributed by atoms with Gasteiger partial charge in [0.2, 0.25) is 5.88 Å². The van der Waals surface area contributed by atoms with E-state index in [1.165, 1.54) is 19.3 Å². The SMILES string of the molecule is COc1ccc2c(N=NC(=O)c3ccccc3)c(O)n(CC3CCCCC3)c2c1. The standard InChI is InChI=1S/C23H25N3O3/c1-29-18-12-13-19-20(14-18)26(15-16-8-4-2-5-9-16)23(28)21(19)24-25-22(27)17-10-6-3-7-11-17/h3,6-7,10-14,16,28H,2,4-5,8-9,15H2,1H3. The maximum absolute atomic E-state index is 12.3. The third-order valence-electron chi connectivity index (χ3n) is 5.65. The number of aromatic nitrogens is 1. The molecule has 1 fully saturated rings. The first-order chi connectivity index (χ1) is 14.2. The normalized spacial score (nSPS) is 15.2. The van der Waals surface area contributed by atoms with Crippen molar-refractivity contribution in [3.05, 3.63) is 54.1 Å². The zero-order chi connectivity index (χ0) is 20.2. The van der Waals surface area contributed by atoms with Crippen LogP contribution in [-0.2, 0) is 6.54 Å². The number of hydrogen-bond acceptors (Lipinski definition) is 4. The van der Waals surface area contributed by atoms with Gasteiger partial charge < -0.3 is 14.4 Å². The van der Waals surface area contributed by atoms with Gasteiger partial charge in [0.15, 0.2) is 5.69 Å². The van der Waals surface area contributed by atoms with Crippen molar-refractivity contribution in [2.45, 2.75) is 38.6 Å². The molecule has 1 amide bonds. The van der Waals surface area contributed by atoms with Crippen LogP contribution in [0.25, 0.3) is 10.9 Å². The van der Waals surface area contributed by atoms with Gasteiger partial charge in [0.05, 0.1) is 12.6 Å². The Morgan fingerprint density at radius 3 is 2.62 bits per heavy atom. The van der Waals surface area contributed by atoms with Crippen LogP contribution < -0.4 is 4.74 Å². The Bertz CT molecular complexity index is 1030. The van der Waals surface area contributed by atoms with Crippen LogP contribution in [0.3, 0.4) is 0 Å². The number of azo groups is 1. The molecule has 6 nitrogen and oxygen atoms in total. The Morgan fingerprint density at radius 1 is 1.14 bits per heavy atom. The van der Waals surface area contributed by atoms with Crippen LogP contribution >= 0.6 is 0 Å². The van der Waals surface area contributed by atoms with E-state index < -0.39 is 5.91 Å². The number of fused-ring (bicyclic) bond motifs is 1. The molecule has 0 aliphatic heterocycles. The van der Waals surface area contributed by atoms with Crippen molar-refractivity contribution in [3.8, 4) is 11.6 Å². The molecular formula is C23H25N3O3. The van der Waals surface area contributed by atoms with Gasteiger partial charge in [0.1, 0.15) is 5.75 Å². The largest absolute Gasteiger partial charge is 0.497 e. The van der Waals surface area contributed by atoms with Gasteiger partial charge in [-0.2, -0.15) is 0 Å². The van der Waals surface area contributed by atoms with Crippen LogP contribution in [0.15, 0.2) is 58.8 Å². The Labute approximate surface area is 169 Å². The van der Waals surface area contributed by atoms with Gasteiger partial charge in [-0.3, -0.25) is 4.79 Å². The van der Waals surface area contributed by atoms with Crippen molar-refractivity contribution >= 4 is 22.5 Å². The smallest absolute Gasteiger partial charge is 0.295 e. The second kappa shape index (κ2) is 8.47. The first-order valence-corrected chi connectivity index (χ1v) is 10.1. The van der Waals surface area contributed by atoms with Gasteiger partial charge in [-0.15, -0.1) is 10.2 Å². The lowest BCUT2D eigenvalue weighted by Crippen LogP contribution is -2.13. The minimum atomic E-state index is -0.438. The fraction of sp³-hybridized carbons (Fsp3) is 0.348. The second-order valence-corrected chi connectivity index (χ2v) is 7.54. The molecule has 1 N–H and O–H groups in total. The molecule has 4 rings (SSSR count). The van der Waals surface area contributed by atoms with E-state index in [1.807, 2.05) is 28.8 Å². The summed E-state index contributed by atoms with van der Waals surface area (Å²) in [5.41, 5.74) is 1.62. The Hall–Kier alpha value is -3.15. The maximum Gasteiger partial charge on any atom is 0.295 e. The monoisotopic (exact) mass is 391 g/mol. The Morgan fingerprint density at radius 2 is 1.90 bits per heavy atom. The van der Waals surface area contributed by atoms with E-state index >= 15 is 0 Å². The number of amides is 1. The number of rotatable bonds is 5. The van der Waals surface area contributed by atoms with Crippen LogP contribution in [0.2, 0.25) is 0 Å². The molecule has 0 bridgehead atoms. The first-order valence-electron chi connectivity index (χ1n) is 10.1. The van der Waals surface area contributed by atoms with E-state index in [-0.39, 0.29) is 5.88 Å². The van der Waals surface area contributed by atoms with Gasteiger partial charge in [-0.1, -0.05) is 37.5 Å². The summed E-state index contributed by atoms with van der Waals surface area (Å²) >= 11 is 0. The van der Waals surface area contributed by atoms with Crippen molar-refractivity contribution < 1.29 is 14.6 Å². The molecule has 6 heteroatoms. The van der Waals surface area contributed by atoms with Crippen LogP contribution in [0.4, 0.5) is 5.69 Å². The fourth-order valence-corrected chi connectivity index (χ4v) is 4.07. The van der Waals surface area contributed by atoms with Gasteiger partial charge >= 0.3 is 0 Å². The molecule has 0 spiro atoms. The summed E-state index contributed by atoms with van der Waals surface area (Å²) in [5, 5.41) is 19.7. The molecule has 0 radical (unpaired) electrons. The van der Waals surface area contributed by atoms with Gasteiger partial charge in [0, 0.05) is 23.6 Å².